The smallest absolute Gasteiger partial charge is 0.139 e. The summed E-state index contributed by atoms with van der Waals surface area (Å²) < 4.78 is 10.4. The first-order valence-corrected chi connectivity index (χ1v) is 5.74. The summed E-state index contributed by atoms with van der Waals surface area (Å²) in [6.07, 6.45) is 1.62. The summed E-state index contributed by atoms with van der Waals surface area (Å²) in [6, 6.07) is 7.19. The summed E-state index contributed by atoms with van der Waals surface area (Å²) in [5.41, 5.74) is 1.14. The van der Waals surface area contributed by atoms with Gasteiger partial charge in [-0.3, -0.25) is 4.98 Å². The van der Waals surface area contributed by atoms with Crippen molar-refractivity contribution in [2.75, 3.05) is 20.3 Å². The average molecular weight is 299 g/mol. The van der Waals surface area contributed by atoms with Crippen LogP contribution in [0.5, 0.6) is 5.75 Å². The van der Waals surface area contributed by atoms with E-state index in [4.69, 9.17) is 26.3 Å². The van der Waals surface area contributed by atoms with Gasteiger partial charge in [0.25, 0.3) is 0 Å². The van der Waals surface area contributed by atoms with Crippen LogP contribution >= 0.6 is 24.0 Å². The number of rotatable bonds is 4. The van der Waals surface area contributed by atoms with Crippen LogP contribution in [0, 0.1) is 11.3 Å². The Morgan fingerprint density at radius 3 is 2.84 bits per heavy atom. The van der Waals surface area contributed by atoms with Gasteiger partial charge in [-0.25, -0.2) is 0 Å². The molecule has 0 amide bonds. The third-order valence-electron chi connectivity index (χ3n) is 2.46. The van der Waals surface area contributed by atoms with Crippen molar-refractivity contribution < 1.29 is 9.47 Å². The summed E-state index contributed by atoms with van der Waals surface area (Å²) in [5.74, 6) is 0.497. The van der Waals surface area contributed by atoms with Crippen molar-refractivity contribution in [3.8, 4) is 11.8 Å². The lowest BCUT2D eigenvalue weighted by molar-refractivity contribution is 0.146. The second-order valence-electron chi connectivity index (χ2n) is 3.61. The van der Waals surface area contributed by atoms with E-state index in [0.29, 0.717) is 35.1 Å². The normalized spacial score (nSPS) is 9.74. The number of hydrogen-bond donors (Lipinski definition) is 0. The predicted octanol–water partition coefficient (Wildman–Crippen LogP) is 3.21. The highest BCUT2D eigenvalue weighted by Crippen LogP contribution is 2.28. The van der Waals surface area contributed by atoms with Crippen LogP contribution in [-0.2, 0) is 4.74 Å². The maximum atomic E-state index is 9.10. The molecule has 0 aliphatic heterocycles. The standard InChI is InChI=1S/C13H11ClN2O2.ClH/c1-17-4-5-18-13-7-12-10(6-9(13)8-15)11(14)2-3-16-12;/h2-3,6-7H,4-5H2,1H3;1H. The first-order valence-electron chi connectivity index (χ1n) is 5.36. The molecule has 0 unspecified atom stereocenters. The van der Waals surface area contributed by atoms with E-state index in [-0.39, 0.29) is 12.4 Å². The minimum atomic E-state index is 0. The van der Waals surface area contributed by atoms with Gasteiger partial charge in [-0.1, -0.05) is 11.6 Å². The van der Waals surface area contributed by atoms with E-state index < -0.39 is 0 Å². The minimum Gasteiger partial charge on any atom is -0.490 e. The molecule has 0 atom stereocenters. The maximum absolute atomic E-state index is 9.10. The van der Waals surface area contributed by atoms with Crippen LogP contribution in [0.4, 0.5) is 0 Å². The van der Waals surface area contributed by atoms with Gasteiger partial charge in [-0.15, -0.1) is 12.4 Å². The third-order valence-corrected chi connectivity index (χ3v) is 2.78. The minimum absolute atomic E-state index is 0. The number of methoxy groups -OCH3 is 1. The van der Waals surface area contributed by atoms with Crippen molar-refractivity contribution in [1.82, 2.24) is 4.98 Å². The van der Waals surface area contributed by atoms with E-state index in [1.807, 2.05) is 0 Å². The van der Waals surface area contributed by atoms with Crippen molar-refractivity contribution in [2.45, 2.75) is 0 Å². The number of ether oxygens (including phenoxy) is 2. The number of halogens is 2. The van der Waals surface area contributed by atoms with Gasteiger partial charge in [0.2, 0.25) is 0 Å². The molecule has 0 aliphatic rings. The molecule has 4 nitrogen and oxygen atoms in total. The molecule has 0 radical (unpaired) electrons. The molecular formula is C13H12Cl2N2O2. The fraction of sp³-hybridized carbons (Fsp3) is 0.231. The van der Waals surface area contributed by atoms with Gasteiger partial charge in [0.05, 0.1) is 22.7 Å². The molecular weight excluding hydrogens is 287 g/mol. The monoisotopic (exact) mass is 298 g/mol. The first kappa shape index (κ1) is 15.5. The van der Waals surface area contributed by atoms with Gasteiger partial charge in [0, 0.05) is 24.8 Å². The lowest BCUT2D eigenvalue weighted by Gasteiger charge is -2.09. The van der Waals surface area contributed by atoms with Gasteiger partial charge in [-0.2, -0.15) is 5.26 Å². The Balaban J connectivity index is 0.00000180. The Hall–Kier alpha value is -1.54. The molecule has 6 heteroatoms. The van der Waals surface area contributed by atoms with Crippen LogP contribution < -0.4 is 4.74 Å². The van der Waals surface area contributed by atoms with E-state index in [1.165, 1.54) is 0 Å². The van der Waals surface area contributed by atoms with E-state index in [1.54, 1.807) is 31.5 Å². The summed E-state index contributed by atoms with van der Waals surface area (Å²) in [4.78, 5) is 4.20. The zero-order chi connectivity index (χ0) is 13.0. The molecule has 0 aliphatic carbocycles. The Kier molecular flexibility index (Phi) is 5.84. The quantitative estimate of drug-likeness (QED) is 0.813. The summed E-state index contributed by atoms with van der Waals surface area (Å²) in [7, 11) is 1.59. The fourth-order valence-corrected chi connectivity index (χ4v) is 1.79. The topological polar surface area (TPSA) is 55.1 Å². The molecule has 0 fully saturated rings. The molecule has 0 N–H and O–H groups in total. The van der Waals surface area contributed by atoms with E-state index in [2.05, 4.69) is 11.1 Å². The van der Waals surface area contributed by atoms with Gasteiger partial charge in [0.1, 0.15) is 18.4 Å². The number of pyridine rings is 1. The van der Waals surface area contributed by atoms with Gasteiger partial charge >= 0.3 is 0 Å². The van der Waals surface area contributed by atoms with Crippen molar-refractivity contribution in [3.63, 3.8) is 0 Å². The third kappa shape index (κ3) is 3.48. The molecule has 0 bridgehead atoms. The van der Waals surface area contributed by atoms with Crippen molar-refractivity contribution in [1.29, 1.82) is 5.26 Å². The van der Waals surface area contributed by atoms with Crippen molar-refractivity contribution in [3.05, 3.63) is 35.0 Å². The molecule has 0 saturated heterocycles. The number of nitrogens with zero attached hydrogens (tertiary/aromatic N) is 2. The number of fused-ring (bicyclic) bond motifs is 1. The molecule has 1 heterocycles. The molecule has 2 aromatic rings. The number of benzene rings is 1. The average Bonchev–Trinajstić information content (AvgIpc) is 2.39. The Morgan fingerprint density at radius 1 is 1.37 bits per heavy atom. The highest BCUT2D eigenvalue weighted by molar-refractivity contribution is 6.35. The Bertz CT molecular complexity index is 611. The summed E-state index contributed by atoms with van der Waals surface area (Å²) >= 11 is 6.05. The van der Waals surface area contributed by atoms with Gasteiger partial charge in [0.15, 0.2) is 0 Å². The van der Waals surface area contributed by atoms with Crippen LogP contribution in [0.1, 0.15) is 5.56 Å². The highest BCUT2D eigenvalue weighted by Gasteiger charge is 2.08. The molecule has 1 aromatic heterocycles. The van der Waals surface area contributed by atoms with Gasteiger partial charge in [-0.05, 0) is 12.1 Å². The van der Waals surface area contributed by atoms with Crippen LogP contribution in [-0.4, -0.2) is 25.3 Å². The Morgan fingerprint density at radius 2 is 2.16 bits per heavy atom. The van der Waals surface area contributed by atoms with Crippen LogP contribution in [0.2, 0.25) is 5.02 Å². The zero-order valence-electron chi connectivity index (χ0n) is 10.2. The van der Waals surface area contributed by atoms with Crippen molar-refractivity contribution in [2.24, 2.45) is 0 Å². The highest BCUT2D eigenvalue weighted by atomic mass is 35.5. The Labute approximate surface area is 122 Å². The lowest BCUT2D eigenvalue weighted by atomic mass is 10.1. The molecule has 100 valence electrons. The maximum Gasteiger partial charge on any atom is 0.139 e. The summed E-state index contributed by atoms with van der Waals surface area (Å²) in [6.45, 7) is 0.850. The first-order chi connectivity index (χ1) is 8.76. The van der Waals surface area contributed by atoms with E-state index >= 15 is 0 Å². The second kappa shape index (κ2) is 7.15. The molecule has 0 spiro atoms. The van der Waals surface area contributed by atoms with Crippen LogP contribution in [0.15, 0.2) is 24.4 Å². The largest absolute Gasteiger partial charge is 0.490 e. The fourth-order valence-electron chi connectivity index (χ4n) is 1.58. The number of nitriles is 1. The predicted molar refractivity (Wildman–Crippen MR) is 76.1 cm³/mol. The van der Waals surface area contributed by atoms with Crippen molar-refractivity contribution >= 4 is 34.9 Å². The van der Waals surface area contributed by atoms with E-state index in [9.17, 15) is 0 Å². The molecule has 0 saturated carbocycles. The molecule has 1 aromatic carbocycles. The lowest BCUT2D eigenvalue weighted by Crippen LogP contribution is -2.05. The SMILES string of the molecule is COCCOc1cc2nccc(Cl)c2cc1C#N.Cl. The van der Waals surface area contributed by atoms with E-state index in [0.717, 1.165) is 5.39 Å². The zero-order valence-corrected chi connectivity index (χ0v) is 11.8. The van der Waals surface area contributed by atoms with Crippen LogP contribution in [0.3, 0.4) is 0 Å². The molecule has 19 heavy (non-hydrogen) atoms. The second-order valence-corrected chi connectivity index (χ2v) is 4.02. The summed E-state index contributed by atoms with van der Waals surface area (Å²) in [5, 5.41) is 10.4. The molecule has 2 rings (SSSR count). The number of aromatic nitrogens is 1. The van der Waals surface area contributed by atoms with Gasteiger partial charge < -0.3 is 9.47 Å². The van der Waals surface area contributed by atoms with Crippen LogP contribution in [0.25, 0.3) is 10.9 Å². The number of hydrogen-bond acceptors (Lipinski definition) is 4.